The van der Waals surface area contributed by atoms with Gasteiger partial charge in [-0.2, -0.15) is 4.98 Å². The molecule has 9 heteroatoms. The van der Waals surface area contributed by atoms with E-state index < -0.39 is 11.6 Å². The van der Waals surface area contributed by atoms with Gasteiger partial charge in [0.25, 0.3) is 0 Å². The van der Waals surface area contributed by atoms with Gasteiger partial charge in [-0.15, -0.1) is 0 Å². The van der Waals surface area contributed by atoms with Gasteiger partial charge in [-0.05, 0) is 24.3 Å². The quantitative estimate of drug-likeness (QED) is 0.625. The maximum atomic E-state index is 13.7. The molecule has 1 saturated heterocycles. The molecule has 7 nitrogen and oxygen atoms in total. The summed E-state index contributed by atoms with van der Waals surface area (Å²) in [5, 5.41) is 3.84. The molecule has 1 aliphatic heterocycles. The number of rotatable bonds is 6. The van der Waals surface area contributed by atoms with Gasteiger partial charge in [0.05, 0.1) is 6.26 Å². The van der Waals surface area contributed by atoms with E-state index in [9.17, 15) is 13.6 Å². The molecule has 0 radical (unpaired) electrons. The molecule has 2 aromatic heterocycles. The van der Waals surface area contributed by atoms with Crippen LogP contribution in [0.3, 0.4) is 0 Å². The van der Waals surface area contributed by atoms with Crippen LogP contribution in [-0.4, -0.2) is 40.1 Å². The minimum absolute atomic E-state index is 0.0193. The number of piperidine rings is 1. The van der Waals surface area contributed by atoms with Gasteiger partial charge in [0.1, 0.15) is 11.9 Å². The number of nitrogens with zero attached hydrogens (tertiary/aromatic N) is 3. The predicted octanol–water partition coefficient (Wildman–Crippen LogP) is 3.61. The Hall–Kier alpha value is -3.23. The Bertz CT molecular complexity index is 966. The second-order valence-corrected chi connectivity index (χ2v) is 6.76. The Morgan fingerprint density at radius 3 is 2.79 bits per heavy atom. The summed E-state index contributed by atoms with van der Waals surface area (Å²) in [5.41, 5.74) is 0. The highest BCUT2D eigenvalue weighted by Crippen LogP contribution is 2.23. The standard InChI is InChI=1S/C20H19F2N3O4/c21-13-3-4-16(15(22)12-13)28-14-7-9-25(10-8-14)19(26)6-5-18-23-20(24-29-18)17-2-1-11-27-17/h1-4,11-12,14H,5-10H2. The molecule has 29 heavy (non-hydrogen) atoms. The number of benzene rings is 1. The van der Waals surface area contributed by atoms with Crippen molar-refractivity contribution in [3.05, 3.63) is 54.1 Å². The van der Waals surface area contributed by atoms with Gasteiger partial charge in [0.15, 0.2) is 17.3 Å². The average Bonchev–Trinajstić information content (AvgIpc) is 3.40. The van der Waals surface area contributed by atoms with Crippen molar-refractivity contribution in [2.24, 2.45) is 0 Å². The lowest BCUT2D eigenvalue weighted by atomic mass is 10.1. The van der Waals surface area contributed by atoms with E-state index in [-0.39, 0.29) is 24.2 Å². The van der Waals surface area contributed by atoms with E-state index in [1.54, 1.807) is 17.0 Å². The highest BCUT2D eigenvalue weighted by atomic mass is 19.1. The number of carbonyl (C=O) groups excluding carboxylic acids is 1. The fraction of sp³-hybridized carbons (Fsp3) is 0.350. The number of amides is 1. The minimum Gasteiger partial charge on any atom is -0.487 e. The molecule has 152 valence electrons. The van der Waals surface area contributed by atoms with Crippen LogP contribution in [-0.2, 0) is 11.2 Å². The fourth-order valence-corrected chi connectivity index (χ4v) is 3.21. The van der Waals surface area contributed by atoms with Crippen LogP contribution in [0.25, 0.3) is 11.6 Å². The lowest BCUT2D eigenvalue weighted by Gasteiger charge is -2.32. The molecule has 1 aromatic carbocycles. The smallest absolute Gasteiger partial charge is 0.238 e. The van der Waals surface area contributed by atoms with Crippen LogP contribution in [0, 0.1) is 11.6 Å². The third-order valence-electron chi connectivity index (χ3n) is 4.74. The number of hydrogen-bond acceptors (Lipinski definition) is 6. The number of carbonyl (C=O) groups is 1. The maximum absolute atomic E-state index is 13.7. The zero-order valence-corrected chi connectivity index (χ0v) is 15.5. The van der Waals surface area contributed by atoms with Gasteiger partial charge >= 0.3 is 0 Å². The third-order valence-corrected chi connectivity index (χ3v) is 4.74. The van der Waals surface area contributed by atoms with E-state index in [1.807, 2.05) is 0 Å². The molecule has 0 saturated carbocycles. The molecule has 3 aromatic rings. The first-order valence-electron chi connectivity index (χ1n) is 9.34. The lowest BCUT2D eigenvalue weighted by molar-refractivity contribution is -0.133. The Morgan fingerprint density at radius 2 is 2.07 bits per heavy atom. The fourth-order valence-electron chi connectivity index (χ4n) is 3.21. The zero-order valence-electron chi connectivity index (χ0n) is 15.5. The van der Waals surface area contributed by atoms with E-state index >= 15 is 0 Å². The van der Waals surface area contributed by atoms with Crippen LogP contribution < -0.4 is 4.74 Å². The number of hydrogen-bond donors (Lipinski definition) is 0. The summed E-state index contributed by atoms with van der Waals surface area (Å²) in [6.07, 6.45) is 3.04. The summed E-state index contributed by atoms with van der Waals surface area (Å²) in [5.74, 6) is -0.136. The topological polar surface area (TPSA) is 81.6 Å². The largest absolute Gasteiger partial charge is 0.487 e. The molecule has 0 aliphatic carbocycles. The second-order valence-electron chi connectivity index (χ2n) is 6.76. The zero-order chi connectivity index (χ0) is 20.2. The summed E-state index contributed by atoms with van der Waals surface area (Å²) < 4.78 is 42.7. The van der Waals surface area contributed by atoms with E-state index in [0.717, 1.165) is 12.1 Å². The highest BCUT2D eigenvalue weighted by Gasteiger charge is 2.25. The van der Waals surface area contributed by atoms with E-state index in [2.05, 4.69) is 10.1 Å². The number of aromatic nitrogens is 2. The van der Waals surface area contributed by atoms with Gasteiger partial charge in [0.2, 0.25) is 17.6 Å². The highest BCUT2D eigenvalue weighted by molar-refractivity contribution is 5.76. The Labute approximate surface area is 165 Å². The molecule has 3 heterocycles. The Morgan fingerprint density at radius 1 is 1.24 bits per heavy atom. The number of likely N-dealkylation sites (tertiary alicyclic amines) is 1. The molecule has 1 amide bonds. The summed E-state index contributed by atoms with van der Waals surface area (Å²) in [6.45, 7) is 1.02. The van der Waals surface area contributed by atoms with Crippen LogP contribution in [0.2, 0.25) is 0 Å². The number of halogens is 2. The summed E-state index contributed by atoms with van der Waals surface area (Å²) >= 11 is 0. The van der Waals surface area contributed by atoms with E-state index in [1.165, 1.54) is 12.3 Å². The van der Waals surface area contributed by atoms with Gasteiger partial charge in [-0.25, -0.2) is 8.78 Å². The van der Waals surface area contributed by atoms with Crippen LogP contribution >= 0.6 is 0 Å². The van der Waals surface area contributed by atoms with Gasteiger partial charge < -0.3 is 18.6 Å². The van der Waals surface area contributed by atoms with Gasteiger partial charge in [0, 0.05) is 44.8 Å². The molecule has 1 fully saturated rings. The van der Waals surface area contributed by atoms with Crippen LogP contribution in [0.1, 0.15) is 25.2 Å². The molecule has 0 spiro atoms. The SMILES string of the molecule is O=C(CCc1nc(-c2ccco2)no1)N1CCC(Oc2ccc(F)cc2F)CC1. The number of ether oxygens (including phenoxy) is 1. The van der Waals surface area contributed by atoms with Crippen molar-refractivity contribution in [1.82, 2.24) is 15.0 Å². The van der Waals surface area contributed by atoms with Crippen molar-refractivity contribution in [2.75, 3.05) is 13.1 Å². The Balaban J connectivity index is 1.24. The van der Waals surface area contributed by atoms with Crippen molar-refractivity contribution < 1.29 is 27.3 Å². The van der Waals surface area contributed by atoms with Gasteiger partial charge in [-0.3, -0.25) is 4.79 Å². The molecule has 0 atom stereocenters. The molecule has 1 aliphatic rings. The van der Waals surface area contributed by atoms with Gasteiger partial charge in [-0.1, -0.05) is 5.16 Å². The average molecular weight is 403 g/mol. The summed E-state index contributed by atoms with van der Waals surface area (Å²) in [7, 11) is 0. The first-order valence-corrected chi connectivity index (χ1v) is 9.34. The van der Waals surface area contributed by atoms with Crippen LogP contribution in [0.4, 0.5) is 8.78 Å². The molecule has 0 bridgehead atoms. The maximum Gasteiger partial charge on any atom is 0.238 e. The monoisotopic (exact) mass is 403 g/mol. The molecular weight excluding hydrogens is 384 g/mol. The van der Waals surface area contributed by atoms with Crippen LogP contribution in [0.5, 0.6) is 5.75 Å². The molecule has 0 N–H and O–H groups in total. The number of furan rings is 1. The molecular formula is C20H19F2N3O4. The lowest BCUT2D eigenvalue weighted by Crippen LogP contribution is -2.41. The van der Waals surface area contributed by atoms with Crippen molar-refractivity contribution in [2.45, 2.75) is 31.8 Å². The second kappa shape index (κ2) is 8.42. The van der Waals surface area contributed by atoms with Crippen molar-refractivity contribution in [1.29, 1.82) is 0 Å². The van der Waals surface area contributed by atoms with Crippen molar-refractivity contribution >= 4 is 5.91 Å². The molecule has 4 rings (SSSR count). The third kappa shape index (κ3) is 4.61. The number of aryl methyl sites for hydroxylation is 1. The summed E-state index contributed by atoms with van der Waals surface area (Å²) in [4.78, 5) is 18.4. The Kier molecular flexibility index (Phi) is 5.55. The first kappa shape index (κ1) is 19.1. The molecule has 0 unspecified atom stereocenters. The van der Waals surface area contributed by atoms with Crippen LogP contribution in [0.15, 0.2) is 45.5 Å². The van der Waals surface area contributed by atoms with Crippen molar-refractivity contribution in [3.63, 3.8) is 0 Å². The van der Waals surface area contributed by atoms with E-state index in [4.69, 9.17) is 13.7 Å². The minimum atomic E-state index is -0.725. The summed E-state index contributed by atoms with van der Waals surface area (Å²) in [6, 6.07) is 6.69. The van der Waals surface area contributed by atoms with E-state index in [0.29, 0.717) is 49.8 Å². The normalized spacial score (nSPS) is 14.9. The predicted molar refractivity (Wildman–Crippen MR) is 96.9 cm³/mol. The first-order chi connectivity index (χ1) is 14.1. The van der Waals surface area contributed by atoms with Crippen molar-refractivity contribution in [3.8, 4) is 17.3 Å².